The van der Waals surface area contributed by atoms with E-state index in [2.05, 4.69) is 21.3 Å². The molecular weight excluding hydrogens is 1430 g/mol. The first-order valence-electron chi connectivity index (χ1n) is 34.9. The van der Waals surface area contributed by atoms with Crippen LogP contribution in [0, 0.1) is 5.92 Å². The second kappa shape index (κ2) is 37.9. The number of allylic oxidation sites excluding steroid dienone is 9. The standard InChI is InChI=1S/C72H98ClN9O19S3/c1-44-14-13-17-55(96-10)72(94)42-52(99-69(93)77-72)45(2)65-71(6,101-65)56(41-60(86)79(8)50-37-47(36-44)38-51(95-9)64(50)73)100-68(92)46(3)78(7)63(89)43-70(4,5)104-54-40-62(88)82(67(54)91)30-32-98-34-33-97-31-26-76-57(83)20-21-59(85)80-27-23-74-24-29-81-61(87)39-53(66(81)90)103-49-16-12-11-15-48(18-19-49)102-35-22-58(84)75-25-28-80/h11-19,37-38,45-46,52-56,65,74,94H,20-36,39-43H2,1-10H3,(H,75,84)(H,76,83)(H,77,93)/b12-11?,15-11+,16-12?,17-13+,19-18?,44-14+,48-15?,48-18+,49-16?,49-19?/t45-,46+,52+,53?,54?,55-,56+,65+,71+,72+/m1/s1. The van der Waals surface area contributed by atoms with E-state index in [1.807, 2.05) is 49.5 Å². The van der Waals surface area contributed by atoms with Gasteiger partial charge in [0.25, 0.3) is 0 Å². The first-order valence-corrected chi connectivity index (χ1v) is 38.0. The average Bonchev–Trinajstić information content (AvgIpc) is 1.57. The molecule has 6 aliphatic heterocycles. The van der Waals surface area contributed by atoms with Gasteiger partial charge in [0.05, 0.1) is 68.8 Å². The number of alkyl carbamates (subject to hydrolysis) is 1. The Morgan fingerprint density at radius 3 is 2.35 bits per heavy atom. The molecule has 32 heteroatoms. The minimum atomic E-state index is -1.91. The molecule has 10 amide bonds. The van der Waals surface area contributed by atoms with Gasteiger partial charge in [0.2, 0.25) is 53.2 Å². The summed E-state index contributed by atoms with van der Waals surface area (Å²) in [5, 5.41) is 22.1. The lowest BCUT2D eigenvalue weighted by Crippen LogP contribution is -2.63. The number of ether oxygens (including phenoxy) is 7. The number of imide groups is 2. The predicted octanol–water partition coefficient (Wildman–Crippen LogP) is 4.90. The van der Waals surface area contributed by atoms with Crippen LogP contribution < -0.4 is 30.9 Å². The summed E-state index contributed by atoms with van der Waals surface area (Å²) in [6.07, 6.45) is 11.5. The first kappa shape index (κ1) is 82.6. The predicted molar refractivity (Wildman–Crippen MR) is 393 cm³/mol. The molecule has 8 rings (SSSR count). The minimum Gasteiger partial charge on any atom is -0.495 e. The summed E-state index contributed by atoms with van der Waals surface area (Å²) in [4.78, 5) is 157. The highest BCUT2D eigenvalue weighted by Gasteiger charge is 2.65. The number of esters is 1. The van der Waals surface area contributed by atoms with E-state index >= 15 is 0 Å². The number of hydrogen-bond donors (Lipinski definition) is 5. The SMILES string of the molecule is COc1cc2cc(c1Cl)N(C)C(=O)C[C@H](OC(=O)[C@H](C)N(C)C(=O)CC(C)(C)SC1CC(=O)N(CCOCCOCCNC(=O)CCC(=O)N3CCNCCN4C(=O)CC(SC5=C/C=C(\C=C\C=C5)SCCC(=O)NCC3)C4=O)C1=O)[C@]1(C)O[C@H]1[C@H](C)[C@@H]1C[C@@](O)(NC(=O)O1)[C@H](OC)/C=C/C=C(\C)C2. The maximum Gasteiger partial charge on any atom is 0.409 e. The van der Waals surface area contributed by atoms with Gasteiger partial charge in [-0.3, -0.25) is 58.3 Å². The molecule has 1 aromatic rings. The highest BCUT2D eigenvalue weighted by Crippen LogP contribution is 2.50. The van der Waals surface area contributed by atoms with Crippen molar-refractivity contribution in [3.63, 3.8) is 0 Å². The monoisotopic (exact) mass is 1520 g/mol. The van der Waals surface area contributed by atoms with E-state index in [1.165, 1.54) is 85.2 Å². The number of benzene rings is 1. The zero-order chi connectivity index (χ0) is 75.6. The Bertz CT molecular complexity index is 3570. The molecule has 28 nitrogen and oxygen atoms in total. The Kier molecular flexibility index (Phi) is 30.1. The quantitative estimate of drug-likeness (QED) is 0.0473. The summed E-state index contributed by atoms with van der Waals surface area (Å²) in [5.74, 6) is -3.79. The Hall–Kier alpha value is -7.07. The maximum atomic E-state index is 14.5. The Labute approximate surface area is 624 Å². The number of nitrogens with zero attached hydrogens (tertiary/aromatic N) is 5. The van der Waals surface area contributed by atoms with Gasteiger partial charge in [-0.15, -0.1) is 35.3 Å². The molecule has 5 N–H and O–H groups in total. The zero-order valence-corrected chi connectivity index (χ0v) is 63.9. The van der Waals surface area contributed by atoms with Gasteiger partial charge in [0, 0.05) is 138 Å². The second-order valence-electron chi connectivity index (χ2n) is 27.2. The van der Waals surface area contributed by atoms with Gasteiger partial charge in [0.1, 0.15) is 40.7 Å². The number of carbonyl (C=O) groups excluding carboxylic acids is 11. The van der Waals surface area contributed by atoms with Crippen LogP contribution in [0.5, 0.6) is 5.75 Å². The number of amides is 10. The van der Waals surface area contributed by atoms with Crippen molar-refractivity contribution in [2.45, 2.75) is 156 Å². The van der Waals surface area contributed by atoms with E-state index in [4.69, 9.17) is 44.8 Å². The number of anilines is 1. The molecule has 0 radical (unpaired) electrons. The van der Waals surface area contributed by atoms with Crippen molar-refractivity contribution in [2.75, 3.05) is 118 Å². The normalized spacial score (nSPS) is 28.2. The third-order valence-corrected chi connectivity index (χ3v) is 23.0. The minimum absolute atomic E-state index is 0.0211. The molecule has 570 valence electrons. The van der Waals surface area contributed by atoms with E-state index in [9.17, 15) is 57.8 Å². The van der Waals surface area contributed by atoms with E-state index in [1.54, 1.807) is 56.9 Å². The highest BCUT2D eigenvalue weighted by atomic mass is 35.5. The van der Waals surface area contributed by atoms with Crippen LogP contribution in [0.15, 0.2) is 82.2 Å². The fourth-order valence-electron chi connectivity index (χ4n) is 12.8. The number of likely N-dealkylation sites (tertiary alicyclic amines) is 1. The van der Waals surface area contributed by atoms with Crippen molar-refractivity contribution in [3.05, 3.63) is 92.8 Å². The summed E-state index contributed by atoms with van der Waals surface area (Å²) in [5.41, 5.74) is -1.31. The molecule has 2 unspecified atom stereocenters. The second-order valence-corrected chi connectivity index (χ2v) is 32.0. The fraction of sp³-hybridized carbons (Fsp3) is 0.597. The van der Waals surface area contributed by atoms with Gasteiger partial charge in [-0.25, -0.2) is 9.59 Å². The number of rotatable bonds is 21. The van der Waals surface area contributed by atoms with E-state index in [-0.39, 0.29) is 145 Å². The molecule has 4 saturated heterocycles. The summed E-state index contributed by atoms with van der Waals surface area (Å²) in [6, 6.07) is 2.31. The largest absolute Gasteiger partial charge is 0.495 e. The van der Waals surface area contributed by atoms with Gasteiger partial charge in [-0.05, 0) is 69.2 Å². The lowest BCUT2D eigenvalue weighted by Gasteiger charge is -2.42. The lowest BCUT2D eigenvalue weighted by atomic mass is 9.83. The number of epoxide rings is 1. The van der Waals surface area contributed by atoms with Gasteiger partial charge >= 0.3 is 12.1 Å². The van der Waals surface area contributed by atoms with E-state index in [0.29, 0.717) is 36.7 Å². The summed E-state index contributed by atoms with van der Waals surface area (Å²) in [7, 11) is 5.84. The number of carbonyl (C=O) groups is 11. The zero-order valence-electron chi connectivity index (χ0n) is 60.7. The molecule has 104 heavy (non-hydrogen) atoms. The number of nitrogens with one attached hydrogen (secondary N) is 4. The Morgan fingerprint density at radius 1 is 0.894 bits per heavy atom. The Balaban J connectivity index is 0.757. The van der Waals surface area contributed by atoms with Crippen LogP contribution in [-0.4, -0.2) is 260 Å². The summed E-state index contributed by atoms with van der Waals surface area (Å²) in [6.45, 7) is 12.4. The number of aliphatic hydroxyl groups is 1. The smallest absolute Gasteiger partial charge is 0.409 e. The molecule has 0 saturated carbocycles. The van der Waals surface area contributed by atoms with Crippen LogP contribution in [0.25, 0.3) is 0 Å². The molecule has 4 fully saturated rings. The third-order valence-electron chi connectivity index (χ3n) is 19.0. The van der Waals surface area contributed by atoms with Crippen molar-refractivity contribution in [3.8, 4) is 5.75 Å². The van der Waals surface area contributed by atoms with E-state index < -0.39 is 105 Å². The van der Waals surface area contributed by atoms with Gasteiger partial charge in [-0.1, -0.05) is 68.3 Å². The van der Waals surface area contributed by atoms with Crippen LogP contribution in [0.1, 0.15) is 98.5 Å². The topological polar surface area (TPSA) is 340 Å². The third kappa shape index (κ3) is 22.5. The Morgan fingerprint density at radius 2 is 1.61 bits per heavy atom. The van der Waals surface area contributed by atoms with Crippen LogP contribution in [-0.2, 0) is 82.8 Å². The maximum absolute atomic E-state index is 14.5. The molecule has 8 bridgehead atoms. The number of likely N-dealkylation sites (N-methyl/N-ethyl adjacent to an activating group) is 1. The van der Waals surface area contributed by atoms with Gasteiger partial charge < -0.3 is 68.9 Å². The molecular formula is C72H98ClN9O19S3. The van der Waals surface area contributed by atoms with Crippen LogP contribution >= 0.6 is 46.9 Å². The molecule has 6 heterocycles. The number of methoxy groups -OCH3 is 2. The average molecular weight is 1530 g/mol. The van der Waals surface area contributed by atoms with Crippen LogP contribution in [0.4, 0.5) is 10.5 Å². The first-order chi connectivity index (χ1) is 49.4. The molecule has 1 aliphatic carbocycles. The van der Waals surface area contributed by atoms with E-state index in [0.717, 1.165) is 25.8 Å². The van der Waals surface area contributed by atoms with Crippen molar-refractivity contribution in [2.24, 2.45) is 5.92 Å². The molecule has 0 aromatic heterocycles. The molecule has 0 spiro atoms. The molecule has 10 atom stereocenters. The molecule has 7 aliphatic rings. The number of hydrogen-bond acceptors (Lipinski definition) is 23. The highest BCUT2D eigenvalue weighted by molar-refractivity contribution is 8.04. The van der Waals surface area contributed by atoms with Crippen molar-refractivity contribution >= 4 is 118 Å². The van der Waals surface area contributed by atoms with Gasteiger partial charge in [-0.2, -0.15) is 0 Å². The number of thioether (sulfide) groups is 3. The fourth-order valence-corrected chi connectivity index (χ4v) is 16.5. The molecule has 1 aromatic carbocycles. The number of halogens is 1. The van der Waals surface area contributed by atoms with Crippen molar-refractivity contribution in [1.82, 2.24) is 40.9 Å². The summed E-state index contributed by atoms with van der Waals surface area (Å²) >= 11 is 10.9. The van der Waals surface area contributed by atoms with Crippen LogP contribution in [0.2, 0.25) is 5.02 Å². The van der Waals surface area contributed by atoms with Crippen molar-refractivity contribution < 1.29 is 91.0 Å². The van der Waals surface area contributed by atoms with Gasteiger partial charge in [0.15, 0.2) is 5.72 Å². The van der Waals surface area contributed by atoms with Crippen LogP contribution in [0.3, 0.4) is 0 Å². The number of fused-ring (bicyclic) bond motifs is 8. The van der Waals surface area contributed by atoms with Crippen molar-refractivity contribution in [1.29, 1.82) is 0 Å². The summed E-state index contributed by atoms with van der Waals surface area (Å²) < 4.78 is 40.0. The lowest BCUT2D eigenvalue weighted by molar-refractivity contribution is -0.162.